The predicted octanol–water partition coefficient (Wildman–Crippen LogP) is 4.34. The minimum Gasteiger partial charge on any atom is -0.478 e. The number of hydrogen-bond donors (Lipinski definition) is 2. The predicted molar refractivity (Wildman–Crippen MR) is 133 cm³/mol. The summed E-state index contributed by atoms with van der Waals surface area (Å²) < 4.78 is 8.12. The molecule has 0 unspecified atom stereocenters. The topological polar surface area (TPSA) is 79.6 Å². The van der Waals surface area contributed by atoms with Gasteiger partial charge >= 0.3 is 5.97 Å². The lowest BCUT2D eigenvalue weighted by molar-refractivity contribution is 0.0697. The number of hydrogen-bond acceptors (Lipinski definition) is 4. The molecule has 34 heavy (non-hydrogen) atoms. The van der Waals surface area contributed by atoms with Crippen molar-refractivity contribution in [3.05, 3.63) is 82.9 Å². The van der Waals surface area contributed by atoms with Crippen molar-refractivity contribution >= 4 is 23.3 Å². The highest BCUT2D eigenvalue weighted by molar-refractivity contribution is 7.80. The largest absolute Gasteiger partial charge is 0.478 e. The summed E-state index contributed by atoms with van der Waals surface area (Å²) in [6.07, 6.45) is 4.09. The van der Waals surface area contributed by atoms with Crippen LogP contribution in [0.1, 0.15) is 57.9 Å². The van der Waals surface area contributed by atoms with Crippen LogP contribution in [0, 0.1) is 13.8 Å². The maximum absolute atomic E-state index is 11.3. The molecule has 3 aromatic rings. The molecule has 0 saturated carbocycles. The van der Waals surface area contributed by atoms with E-state index in [1.807, 2.05) is 36.5 Å². The second kappa shape index (κ2) is 9.19. The summed E-state index contributed by atoms with van der Waals surface area (Å²) in [5, 5.41) is 13.5. The highest BCUT2D eigenvalue weighted by Gasteiger charge is 2.42. The Hall–Kier alpha value is -3.23. The average Bonchev–Trinajstić information content (AvgIpc) is 3.54. The van der Waals surface area contributed by atoms with Crippen LogP contribution in [0.15, 0.2) is 54.7 Å². The number of aryl methyl sites for hydroxylation is 1. The molecule has 4 heterocycles. The number of carboxylic acid groups (broad SMARTS) is 1. The van der Waals surface area contributed by atoms with E-state index in [-0.39, 0.29) is 23.8 Å². The van der Waals surface area contributed by atoms with Gasteiger partial charge in [-0.15, -0.1) is 0 Å². The van der Waals surface area contributed by atoms with Gasteiger partial charge in [0.2, 0.25) is 0 Å². The second-order valence-electron chi connectivity index (χ2n) is 8.93. The molecular weight excluding hydrogens is 448 g/mol. The van der Waals surface area contributed by atoms with Crippen LogP contribution in [-0.4, -0.2) is 49.9 Å². The van der Waals surface area contributed by atoms with Gasteiger partial charge in [-0.1, -0.05) is 6.07 Å². The van der Waals surface area contributed by atoms with Gasteiger partial charge in [-0.05, 0) is 86.9 Å². The molecule has 2 fully saturated rings. The van der Waals surface area contributed by atoms with E-state index in [9.17, 15) is 9.90 Å². The average molecular weight is 477 g/mol. The third-order valence-electron chi connectivity index (χ3n) is 6.78. The quantitative estimate of drug-likeness (QED) is 0.513. The normalized spacial score (nSPS) is 22.2. The molecule has 0 spiro atoms. The maximum atomic E-state index is 11.3. The SMILES string of the molecule is Cc1cc([C@@H]2[C@@H](c3ccccn3)NC(=S)N2C[C@H]2CCCO2)c(C)n1-c1ccc(C(=O)O)cc1. The third-order valence-corrected chi connectivity index (χ3v) is 7.14. The number of aromatic carboxylic acids is 1. The standard InChI is InChI=1S/C26H28N4O3S/c1-16-14-21(17(2)30(16)19-10-8-18(9-11-19)25(31)32)24-23(22-7-3-4-12-27-22)28-26(34)29(24)15-20-6-5-13-33-20/h3-4,7-12,14,20,23-24H,5-6,13,15H2,1-2H3,(H,28,34)(H,31,32)/t20-,23-,24-/m1/s1. The molecule has 176 valence electrons. The maximum Gasteiger partial charge on any atom is 0.335 e. The van der Waals surface area contributed by atoms with Crippen molar-refractivity contribution < 1.29 is 14.6 Å². The number of ether oxygens (including phenoxy) is 1. The molecule has 0 aliphatic carbocycles. The van der Waals surface area contributed by atoms with Gasteiger partial charge in [0.1, 0.15) is 0 Å². The van der Waals surface area contributed by atoms with Crippen LogP contribution in [0.2, 0.25) is 0 Å². The first kappa shape index (κ1) is 22.6. The summed E-state index contributed by atoms with van der Waals surface area (Å²) in [5.41, 5.74) is 5.48. The Morgan fingerprint density at radius 3 is 2.68 bits per heavy atom. The van der Waals surface area contributed by atoms with E-state index in [1.54, 1.807) is 12.1 Å². The molecule has 2 aromatic heterocycles. The van der Waals surface area contributed by atoms with E-state index in [4.69, 9.17) is 17.0 Å². The zero-order chi connectivity index (χ0) is 23.8. The number of benzene rings is 1. The summed E-state index contributed by atoms with van der Waals surface area (Å²) in [4.78, 5) is 18.2. The van der Waals surface area contributed by atoms with E-state index < -0.39 is 5.97 Å². The van der Waals surface area contributed by atoms with Gasteiger partial charge in [0.05, 0.1) is 29.4 Å². The second-order valence-corrected chi connectivity index (χ2v) is 9.31. The Bertz CT molecular complexity index is 1200. The Balaban J connectivity index is 1.57. The van der Waals surface area contributed by atoms with Gasteiger partial charge < -0.3 is 24.6 Å². The van der Waals surface area contributed by atoms with Crippen LogP contribution in [-0.2, 0) is 4.74 Å². The molecule has 7 nitrogen and oxygen atoms in total. The number of nitrogens with one attached hydrogen (secondary N) is 1. The van der Waals surface area contributed by atoms with Crippen LogP contribution >= 0.6 is 12.2 Å². The first-order valence-corrected chi connectivity index (χ1v) is 12.0. The molecular formula is C26H28N4O3S. The van der Waals surface area contributed by atoms with Crippen LogP contribution < -0.4 is 5.32 Å². The Labute approximate surface area is 204 Å². The number of carboxylic acids is 1. The summed E-state index contributed by atoms with van der Waals surface area (Å²) in [7, 11) is 0. The lowest BCUT2D eigenvalue weighted by Crippen LogP contribution is -2.36. The fraction of sp³-hybridized carbons (Fsp3) is 0.346. The van der Waals surface area contributed by atoms with Gasteiger partial charge in [-0.3, -0.25) is 4.98 Å². The van der Waals surface area contributed by atoms with Crippen LogP contribution in [0.5, 0.6) is 0 Å². The minimum atomic E-state index is -0.929. The van der Waals surface area contributed by atoms with Gasteiger partial charge in [-0.2, -0.15) is 0 Å². The van der Waals surface area contributed by atoms with E-state index in [1.165, 1.54) is 5.56 Å². The molecule has 0 amide bonds. The molecule has 2 saturated heterocycles. The van der Waals surface area contributed by atoms with Crippen molar-refractivity contribution in [3.8, 4) is 5.69 Å². The molecule has 0 radical (unpaired) electrons. The van der Waals surface area contributed by atoms with E-state index in [2.05, 4.69) is 39.7 Å². The zero-order valence-corrected chi connectivity index (χ0v) is 20.1. The van der Waals surface area contributed by atoms with Gasteiger partial charge in [0.15, 0.2) is 5.11 Å². The highest BCUT2D eigenvalue weighted by atomic mass is 32.1. The van der Waals surface area contributed by atoms with Gasteiger partial charge in [0, 0.05) is 36.4 Å². The lowest BCUT2D eigenvalue weighted by Gasteiger charge is -2.30. The minimum absolute atomic E-state index is 0.0372. The number of rotatable bonds is 6. The Morgan fingerprint density at radius 1 is 1.24 bits per heavy atom. The Kier molecular flexibility index (Phi) is 6.10. The fourth-order valence-electron chi connectivity index (χ4n) is 5.19. The van der Waals surface area contributed by atoms with Crippen molar-refractivity contribution in [2.24, 2.45) is 0 Å². The van der Waals surface area contributed by atoms with Crippen molar-refractivity contribution in [2.75, 3.05) is 13.2 Å². The smallest absolute Gasteiger partial charge is 0.335 e. The van der Waals surface area contributed by atoms with E-state index >= 15 is 0 Å². The fourth-order valence-corrected chi connectivity index (χ4v) is 5.50. The monoisotopic (exact) mass is 476 g/mol. The molecule has 2 aliphatic rings. The van der Waals surface area contributed by atoms with Crippen LogP contribution in [0.3, 0.4) is 0 Å². The Morgan fingerprint density at radius 2 is 2.03 bits per heavy atom. The van der Waals surface area contributed by atoms with Crippen LogP contribution in [0.25, 0.3) is 5.69 Å². The highest BCUT2D eigenvalue weighted by Crippen LogP contribution is 2.42. The molecule has 3 atom stereocenters. The first-order chi connectivity index (χ1) is 16.4. The number of nitrogens with zero attached hydrogens (tertiary/aromatic N) is 3. The summed E-state index contributed by atoms with van der Waals surface area (Å²) in [6, 6.07) is 15.0. The lowest BCUT2D eigenvalue weighted by atomic mass is 9.96. The molecule has 2 aliphatic heterocycles. The molecule has 2 N–H and O–H groups in total. The van der Waals surface area contributed by atoms with E-state index in [0.717, 1.165) is 48.8 Å². The number of aromatic nitrogens is 2. The summed E-state index contributed by atoms with van der Waals surface area (Å²) >= 11 is 5.81. The number of pyridine rings is 1. The van der Waals surface area contributed by atoms with Crippen molar-refractivity contribution in [1.29, 1.82) is 0 Å². The van der Waals surface area contributed by atoms with Gasteiger partial charge in [0.25, 0.3) is 0 Å². The molecule has 5 rings (SSSR count). The zero-order valence-electron chi connectivity index (χ0n) is 19.3. The van der Waals surface area contributed by atoms with Crippen molar-refractivity contribution in [2.45, 2.75) is 44.9 Å². The summed E-state index contributed by atoms with van der Waals surface area (Å²) in [5.74, 6) is -0.929. The first-order valence-electron chi connectivity index (χ1n) is 11.6. The third kappa shape index (κ3) is 4.08. The molecule has 1 aromatic carbocycles. The number of thiocarbonyl (C=S) groups is 1. The van der Waals surface area contributed by atoms with Crippen LogP contribution in [0.4, 0.5) is 0 Å². The van der Waals surface area contributed by atoms with Gasteiger partial charge in [-0.25, -0.2) is 4.79 Å². The molecule has 0 bridgehead atoms. The van der Waals surface area contributed by atoms with Crippen molar-refractivity contribution in [1.82, 2.24) is 19.8 Å². The number of carbonyl (C=O) groups is 1. The summed E-state index contributed by atoms with van der Waals surface area (Å²) in [6.45, 7) is 5.71. The van der Waals surface area contributed by atoms with E-state index in [0.29, 0.717) is 5.11 Å². The van der Waals surface area contributed by atoms with Crippen molar-refractivity contribution in [3.63, 3.8) is 0 Å². The molecule has 8 heteroatoms.